The van der Waals surface area contributed by atoms with Crippen LogP contribution in [0.5, 0.6) is 0 Å². The van der Waals surface area contributed by atoms with Gasteiger partial charge in [0, 0.05) is 30.1 Å². The molecule has 0 aliphatic carbocycles. The Kier molecular flexibility index (Phi) is 3.99. The van der Waals surface area contributed by atoms with Gasteiger partial charge in [0.25, 0.3) is 0 Å². The largest absolute Gasteiger partial charge is 0.389 e. The summed E-state index contributed by atoms with van der Waals surface area (Å²) in [4.78, 5) is 11.2. The smallest absolute Gasteiger partial charge is 0.326 e. The second-order valence-electron chi connectivity index (χ2n) is 4.84. The topological polar surface area (TPSA) is 55.1 Å². The van der Waals surface area contributed by atoms with Crippen LogP contribution in [0.1, 0.15) is 36.4 Å². The van der Waals surface area contributed by atoms with Gasteiger partial charge in [-0.3, -0.25) is 4.79 Å². The SMILES string of the molecule is NC(CCC(F)(F)F)c1cc2c(cc1F)NC(=O)CC2. The lowest BCUT2D eigenvalue weighted by Crippen LogP contribution is -2.21. The molecule has 0 bridgehead atoms. The van der Waals surface area contributed by atoms with Gasteiger partial charge >= 0.3 is 6.18 Å². The van der Waals surface area contributed by atoms with E-state index in [0.29, 0.717) is 17.7 Å². The number of carbonyl (C=O) groups excluding carboxylic acids is 1. The van der Waals surface area contributed by atoms with Crippen molar-refractivity contribution in [3.8, 4) is 0 Å². The van der Waals surface area contributed by atoms with Crippen LogP contribution in [0.2, 0.25) is 0 Å². The standard InChI is InChI=1S/C13H14F4N2O/c14-9-6-11-7(1-2-12(20)19-11)5-8(9)10(18)3-4-13(15,16)17/h5-6,10H,1-4,18H2,(H,19,20). The highest BCUT2D eigenvalue weighted by molar-refractivity contribution is 5.93. The molecule has 1 aromatic carbocycles. The Labute approximate surface area is 113 Å². The normalized spacial score (nSPS) is 16.6. The molecule has 0 spiro atoms. The van der Waals surface area contributed by atoms with Crippen molar-refractivity contribution in [3.05, 3.63) is 29.1 Å². The van der Waals surface area contributed by atoms with Crippen LogP contribution in [0.4, 0.5) is 23.2 Å². The lowest BCUT2D eigenvalue weighted by Gasteiger charge is -2.21. The summed E-state index contributed by atoms with van der Waals surface area (Å²) in [5, 5.41) is 2.52. The molecule has 1 aliphatic heterocycles. The third kappa shape index (κ3) is 3.47. The number of benzene rings is 1. The molecule has 1 aliphatic rings. The molecule has 1 atom stereocenters. The zero-order valence-electron chi connectivity index (χ0n) is 10.6. The molecule has 0 fully saturated rings. The second-order valence-corrected chi connectivity index (χ2v) is 4.84. The number of alkyl halides is 3. The van der Waals surface area contributed by atoms with Gasteiger partial charge < -0.3 is 11.1 Å². The molecule has 3 nitrogen and oxygen atoms in total. The van der Waals surface area contributed by atoms with E-state index in [0.717, 1.165) is 6.07 Å². The Balaban J connectivity index is 2.18. The van der Waals surface area contributed by atoms with Gasteiger partial charge in [-0.25, -0.2) is 4.39 Å². The maximum atomic E-state index is 13.9. The third-order valence-corrected chi connectivity index (χ3v) is 3.26. The highest BCUT2D eigenvalue weighted by Gasteiger charge is 2.29. The van der Waals surface area contributed by atoms with Gasteiger partial charge in [0.1, 0.15) is 5.82 Å². The number of fused-ring (bicyclic) bond motifs is 1. The summed E-state index contributed by atoms with van der Waals surface area (Å²) in [5.41, 5.74) is 6.76. The van der Waals surface area contributed by atoms with Crippen molar-refractivity contribution in [2.45, 2.75) is 37.9 Å². The van der Waals surface area contributed by atoms with E-state index in [1.807, 2.05) is 0 Å². The fraction of sp³-hybridized carbons (Fsp3) is 0.462. The van der Waals surface area contributed by atoms with Gasteiger partial charge in [-0.15, -0.1) is 0 Å². The van der Waals surface area contributed by atoms with Crippen LogP contribution < -0.4 is 11.1 Å². The molecule has 1 unspecified atom stereocenters. The summed E-state index contributed by atoms with van der Waals surface area (Å²) in [6.45, 7) is 0. The van der Waals surface area contributed by atoms with E-state index in [-0.39, 0.29) is 24.3 Å². The number of anilines is 1. The quantitative estimate of drug-likeness (QED) is 0.841. The van der Waals surface area contributed by atoms with Crippen LogP contribution in [0.25, 0.3) is 0 Å². The summed E-state index contributed by atoms with van der Waals surface area (Å²) in [5.74, 6) is -0.897. The van der Waals surface area contributed by atoms with Gasteiger partial charge in [-0.2, -0.15) is 13.2 Å². The number of aryl methyl sites for hydroxylation is 1. The number of amides is 1. The van der Waals surface area contributed by atoms with Crippen molar-refractivity contribution in [3.63, 3.8) is 0 Å². The van der Waals surface area contributed by atoms with Gasteiger partial charge in [-0.1, -0.05) is 0 Å². The lowest BCUT2D eigenvalue weighted by molar-refractivity contribution is -0.136. The average Bonchev–Trinajstić information content (AvgIpc) is 2.34. The Hall–Kier alpha value is -1.63. The molecule has 110 valence electrons. The maximum Gasteiger partial charge on any atom is 0.389 e. The first kappa shape index (κ1) is 14.8. The van der Waals surface area contributed by atoms with Gasteiger partial charge in [0.2, 0.25) is 5.91 Å². The number of carbonyl (C=O) groups is 1. The van der Waals surface area contributed by atoms with Crippen molar-refractivity contribution in [2.75, 3.05) is 5.32 Å². The number of nitrogens with one attached hydrogen (secondary N) is 1. The molecule has 7 heteroatoms. The Bertz CT molecular complexity index is 528. The first-order valence-corrected chi connectivity index (χ1v) is 6.21. The molecule has 0 aromatic heterocycles. The molecule has 3 N–H and O–H groups in total. The third-order valence-electron chi connectivity index (χ3n) is 3.26. The molecule has 0 radical (unpaired) electrons. The summed E-state index contributed by atoms with van der Waals surface area (Å²) >= 11 is 0. The fourth-order valence-corrected chi connectivity index (χ4v) is 2.18. The van der Waals surface area contributed by atoms with Crippen LogP contribution in [0, 0.1) is 5.82 Å². The minimum atomic E-state index is -4.31. The molecule has 1 amide bonds. The summed E-state index contributed by atoms with van der Waals surface area (Å²) < 4.78 is 50.3. The molecular weight excluding hydrogens is 276 g/mol. The lowest BCUT2D eigenvalue weighted by atomic mass is 9.95. The first-order chi connectivity index (χ1) is 9.26. The predicted molar refractivity (Wildman–Crippen MR) is 65.6 cm³/mol. The zero-order valence-corrected chi connectivity index (χ0v) is 10.6. The van der Waals surface area contributed by atoms with E-state index in [1.165, 1.54) is 6.07 Å². The van der Waals surface area contributed by atoms with E-state index in [1.54, 1.807) is 0 Å². The Morgan fingerprint density at radius 2 is 2.00 bits per heavy atom. The van der Waals surface area contributed by atoms with E-state index in [2.05, 4.69) is 5.32 Å². The van der Waals surface area contributed by atoms with Crippen LogP contribution in [0.3, 0.4) is 0 Å². The molecule has 1 heterocycles. The first-order valence-electron chi connectivity index (χ1n) is 6.21. The van der Waals surface area contributed by atoms with Crippen molar-refractivity contribution < 1.29 is 22.4 Å². The van der Waals surface area contributed by atoms with Crippen molar-refractivity contribution >= 4 is 11.6 Å². The van der Waals surface area contributed by atoms with Crippen LogP contribution in [0.15, 0.2) is 12.1 Å². The summed E-state index contributed by atoms with van der Waals surface area (Å²) in [6, 6.07) is 1.56. The van der Waals surface area contributed by atoms with Crippen molar-refractivity contribution in [2.24, 2.45) is 5.73 Å². The fourth-order valence-electron chi connectivity index (χ4n) is 2.18. The average molecular weight is 290 g/mol. The summed E-state index contributed by atoms with van der Waals surface area (Å²) in [6.07, 6.45) is -5.03. The predicted octanol–water partition coefficient (Wildman–Crippen LogP) is 3.05. The molecular formula is C13H14F4N2O. The van der Waals surface area contributed by atoms with Crippen LogP contribution >= 0.6 is 0 Å². The van der Waals surface area contributed by atoms with E-state index in [4.69, 9.17) is 5.73 Å². The zero-order chi connectivity index (χ0) is 14.9. The van der Waals surface area contributed by atoms with Gasteiger partial charge in [0.15, 0.2) is 0 Å². The maximum absolute atomic E-state index is 13.9. The molecule has 0 saturated carbocycles. The highest BCUT2D eigenvalue weighted by atomic mass is 19.4. The highest BCUT2D eigenvalue weighted by Crippen LogP contribution is 2.31. The molecule has 2 rings (SSSR count). The minimum absolute atomic E-state index is 0.0594. The number of rotatable bonds is 3. The molecule has 1 aromatic rings. The monoisotopic (exact) mass is 290 g/mol. The number of hydrogen-bond acceptors (Lipinski definition) is 2. The van der Waals surface area contributed by atoms with E-state index < -0.39 is 24.5 Å². The minimum Gasteiger partial charge on any atom is -0.326 e. The second kappa shape index (κ2) is 5.40. The Morgan fingerprint density at radius 1 is 1.30 bits per heavy atom. The van der Waals surface area contributed by atoms with Crippen molar-refractivity contribution in [1.29, 1.82) is 0 Å². The van der Waals surface area contributed by atoms with E-state index in [9.17, 15) is 22.4 Å². The molecule has 0 saturated heterocycles. The van der Waals surface area contributed by atoms with Crippen LogP contribution in [-0.2, 0) is 11.2 Å². The van der Waals surface area contributed by atoms with E-state index >= 15 is 0 Å². The van der Waals surface area contributed by atoms with Gasteiger partial charge in [-0.05, 0) is 30.5 Å². The van der Waals surface area contributed by atoms with Gasteiger partial charge in [0.05, 0.1) is 0 Å². The Morgan fingerprint density at radius 3 is 2.65 bits per heavy atom. The van der Waals surface area contributed by atoms with Crippen molar-refractivity contribution in [1.82, 2.24) is 0 Å². The number of hydrogen-bond donors (Lipinski definition) is 2. The summed E-state index contributed by atoms with van der Waals surface area (Å²) in [7, 11) is 0. The number of halogens is 4. The number of nitrogens with two attached hydrogens (primary N) is 1. The molecule has 20 heavy (non-hydrogen) atoms. The van der Waals surface area contributed by atoms with Crippen LogP contribution in [-0.4, -0.2) is 12.1 Å².